The monoisotopic (exact) mass is 808 g/mol. The maximum absolute atomic E-state index is 13.7. The van der Waals surface area contributed by atoms with Gasteiger partial charge in [0.2, 0.25) is 0 Å². The summed E-state index contributed by atoms with van der Waals surface area (Å²) in [4.78, 5) is 38.6. The van der Waals surface area contributed by atoms with Crippen LogP contribution in [-0.4, -0.2) is 105 Å². The first kappa shape index (κ1) is 44.7. The Labute approximate surface area is 339 Å². The average molecular weight is 809 g/mol. The molecule has 3 N–H and O–H groups in total. The van der Waals surface area contributed by atoms with E-state index in [4.69, 9.17) is 33.2 Å². The Morgan fingerprint density at radius 1 is 0.877 bits per heavy atom. The Bertz CT molecular complexity index is 1440. The van der Waals surface area contributed by atoms with Crippen LogP contribution < -0.4 is 0 Å². The fourth-order valence-electron chi connectivity index (χ4n) is 11.4. The molecule has 13 nitrogen and oxygen atoms in total. The molecule has 5 aliphatic heterocycles. The number of carbonyl (C=O) groups is 3. The number of carboxylic acids is 1. The molecule has 0 bridgehead atoms. The highest BCUT2D eigenvalue weighted by molar-refractivity contribution is 5.73. The third-order valence-electron chi connectivity index (χ3n) is 15.1. The van der Waals surface area contributed by atoms with E-state index in [9.17, 15) is 29.7 Å². The highest BCUT2D eigenvalue weighted by Gasteiger charge is 2.62. The van der Waals surface area contributed by atoms with E-state index in [2.05, 4.69) is 27.7 Å². The van der Waals surface area contributed by atoms with Crippen LogP contribution in [0.3, 0.4) is 0 Å². The molecule has 1 aliphatic carbocycles. The molecule has 6 aliphatic rings. The van der Waals surface area contributed by atoms with Crippen LogP contribution in [0.4, 0.5) is 0 Å². The van der Waals surface area contributed by atoms with Crippen LogP contribution >= 0.6 is 0 Å². The van der Waals surface area contributed by atoms with Crippen molar-refractivity contribution >= 4 is 17.9 Å². The molecule has 13 heteroatoms. The summed E-state index contributed by atoms with van der Waals surface area (Å²) < 4.78 is 46.4. The smallest absolute Gasteiger partial charge is 0.309 e. The van der Waals surface area contributed by atoms with Gasteiger partial charge in [-0.05, 0) is 77.6 Å². The lowest BCUT2D eigenvalue weighted by Crippen LogP contribution is -2.58. The largest absolute Gasteiger partial charge is 0.481 e. The molecule has 5 heterocycles. The molecule has 6 fully saturated rings. The Morgan fingerprint density at radius 2 is 1.58 bits per heavy atom. The average Bonchev–Trinajstić information content (AvgIpc) is 3.88. The third kappa shape index (κ3) is 8.96. The van der Waals surface area contributed by atoms with Crippen LogP contribution in [0, 0.1) is 41.4 Å². The minimum atomic E-state index is -1.59. The van der Waals surface area contributed by atoms with Gasteiger partial charge in [-0.1, -0.05) is 60.8 Å². The van der Waals surface area contributed by atoms with Crippen LogP contribution in [-0.2, 0) is 47.5 Å². The lowest BCUT2D eigenvalue weighted by molar-refractivity contribution is -0.336. The zero-order valence-corrected chi connectivity index (χ0v) is 35.9. The molecule has 0 aromatic carbocycles. The van der Waals surface area contributed by atoms with E-state index in [1.807, 2.05) is 20.8 Å². The van der Waals surface area contributed by atoms with Gasteiger partial charge in [0, 0.05) is 37.0 Å². The van der Waals surface area contributed by atoms with E-state index in [0.717, 1.165) is 57.8 Å². The quantitative estimate of drug-likeness (QED) is 0.187. The van der Waals surface area contributed by atoms with E-state index in [-0.39, 0.29) is 66.4 Å². The van der Waals surface area contributed by atoms with Crippen molar-refractivity contribution in [3.8, 4) is 0 Å². The summed E-state index contributed by atoms with van der Waals surface area (Å²) in [5.41, 5.74) is -1.36. The lowest BCUT2D eigenvalue weighted by Gasteiger charge is -2.49. The summed E-state index contributed by atoms with van der Waals surface area (Å²) in [6, 6.07) is 0. The minimum absolute atomic E-state index is 0.106. The fraction of sp³-hybridized carbons (Fsp3) is 0.932. The van der Waals surface area contributed by atoms with Gasteiger partial charge in [0.1, 0.15) is 12.2 Å². The Hall–Kier alpha value is -1.87. The van der Waals surface area contributed by atoms with E-state index in [1.54, 1.807) is 13.8 Å². The molecule has 1 saturated carbocycles. The molecule has 0 amide bonds. The number of aliphatic hydroxyl groups excluding tert-OH is 1. The van der Waals surface area contributed by atoms with Crippen molar-refractivity contribution in [2.45, 2.75) is 211 Å². The van der Waals surface area contributed by atoms with Crippen LogP contribution in [0.2, 0.25) is 0 Å². The highest BCUT2D eigenvalue weighted by atomic mass is 16.7. The van der Waals surface area contributed by atoms with Gasteiger partial charge >= 0.3 is 17.9 Å². The first-order valence-corrected chi connectivity index (χ1v) is 22.1. The topological polar surface area (TPSA) is 177 Å². The summed E-state index contributed by atoms with van der Waals surface area (Å²) in [6.07, 6.45) is 5.97. The molecule has 0 aromatic heterocycles. The highest BCUT2D eigenvalue weighted by Crippen LogP contribution is 2.54. The zero-order valence-electron chi connectivity index (χ0n) is 35.9. The van der Waals surface area contributed by atoms with Gasteiger partial charge in [0.25, 0.3) is 0 Å². The van der Waals surface area contributed by atoms with Gasteiger partial charge in [-0.15, -0.1) is 0 Å². The number of aliphatic carboxylic acids is 1. The van der Waals surface area contributed by atoms with E-state index >= 15 is 0 Å². The Balaban J connectivity index is 1.20. The molecule has 17 atom stereocenters. The second kappa shape index (κ2) is 17.2. The van der Waals surface area contributed by atoms with Gasteiger partial charge < -0.3 is 48.5 Å². The van der Waals surface area contributed by atoms with Crippen molar-refractivity contribution in [1.29, 1.82) is 0 Å². The van der Waals surface area contributed by atoms with E-state index < -0.39 is 71.5 Å². The maximum Gasteiger partial charge on any atom is 0.309 e. The van der Waals surface area contributed by atoms with Crippen LogP contribution in [0.25, 0.3) is 0 Å². The van der Waals surface area contributed by atoms with Gasteiger partial charge in [-0.25, -0.2) is 0 Å². The van der Waals surface area contributed by atoms with Crippen molar-refractivity contribution in [1.82, 2.24) is 0 Å². The summed E-state index contributed by atoms with van der Waals surface area (Å²) in [5.74, 6) is -6.42. The number of hydrogen-bond acceptors (Lipinski definition) is 12. The van der Waals surface area contributed by atoms with Gasteiger partial charge in [-0.2, -0.15) is 0 Å². The van der Waals surface area contributed by atoms with Crippen LogP contribution in [0.5, 0.6) is 0 Å². The van der Waals surface area contributed by atoms with E-state index in [0.29, 0.717) is 19.3 Å². The van der Waals surface area contributed by atoms with Crippen LogP contribution in [0.15, 0.2) is 0 Å². The molecule has 326 valence electrons. The minimum Gasteiger partial charge on any atom is -0.481 e. The number of esters is 2. The number of carboxylic acid groups (broad SMARTS) is 1. The molecule has 1 unspecified atom stereocenters. The van der Waals surface area contributed by atoms with Crippen molar-refractivity contribution in [3.63, 3.8) is 0 Å². The molecule has 5 saturated heterocycles. The third-order valence-corrected chi connectivity index (χ3v) is 15.1. The number of carbonyl (C=O) groups excluding carboxylic acids is 2. The number of hydrogen-bond donors (Lipinski definition) is 3. The Kier molecular flexibility index (Phi) is 13.5. The molecule has 6 rings (SSSR count). The summed E-state index contributed by atoms with van der Waals surface area (Å²) in [5, 5.41) is 31.1. The molecule has 0 radical (unpaired) electrons. The second-order valence-corrected chi connectivity index (χ2v) is 19.5. The molecular weight excluding hydrogens is 736 g/mol. The summed E-state index contributed by atoms with van der Waals surface area (Å²) in [6.45, 7) is 16.9. The van der Waals surface area contributed by atoms with Gasteiger partial charge in [0.05, 0.1) is 60.2 Å². The van der Waals surface area contributed by atoms with Gasteiger partial charge in [0.15, 0.2) is 11.6 Å². The lowest BCUT2D eigenvalue weighted by atomic mass is 9.78. The fourth-order valence-corrected chi connectivity index (χ4v) is 11.4. The second-order valence-electron chi connectivity index (χ2n) is 19.5. The Morgan fingerprint density at radius 3 is 2.23 bits per heavy atom. The molecule has 1 spiro atoms. The predicted molar refractivity (Wildman–Crippen MR) is 208 cm³/mol. The first-order valence-electron chi connectivity index (χ1n) is 22.1. The first-order chi connectivity index (χ1) is 26.8. The van der Waals surface area contributed by atoms with Crippen molar-refractivity contribution in [3.05, 3.63) is 0 Å². The number of aliphatic hydroxyl groups is 2. The number of rotatable bonds is 12. The number of ether oxygens (including phenoxy) is 7. The normalized spacial score (nSPS) is 45.7. The summed E-state index contributed by atoms with van der Waals surface area (Å²) in [7, 11) is 0. The summed E-state index contributed by atoms with van der Waals surface area (Å²) >= 11 is 0. The molecule has 0 aromatic rings. The molecular formula is C44H72O13. The predicted octanol–water partition coefficient (Wildman–Crippen LogP) is 6.32. The van der Waals surface area contributed by atoms with Crippen molar-refractivity contribution in [2.75, 3.05) is 6.61 Å². The van der Waals surface area contributed by atoms with Crippen molar-refractivity contribution in [2.24, 2.45) is 41.4 Å². The van der Waals surface area contributed by atoms with Crippen LogP contribution in [0.1, 0.15) is 146 Å². The SMILES string of the molecule is CCC(=O)O[C@H]([C@H](C)[C@H]1O[C@@]2(CC[C@@](C)([C@H]3CC[C@@](C)(C4O[C@@H]([C@H]5O[C@@](O)(CO)[C@H](C)C[C@@H]5C)C[C@@H]4C)O3)O2)C[C@H](OC(=O)C2CCCCC2)[C@H]1C)[C@@H](C)C(=O)O. The van der Waals surface area contributed by atoms with Gasteiger partial charge in [-0.3, -0.25) is 14.4 Å². The standard InChI is InChI=1S/C44H72O13/c1-10-34(46)53-36(29(7)39(47)48)28(6)37-27(5)32(52-40(49)30-14-12-11-13-15-30)22-43(55-37)19-18-41(8,57-43)33-16-17-42(9,54-33)38-25(3)21-31(51-38)35-24(2)20-26(4)44(50,23-45)56-35/h24-33,35-38,45,50H,10-23H2,1-9H3,(H,47,48)/t24-,25-,26+,27+,28-,29+,31+,32-,33+,35-,36+,37-,38?,41-,42-,43+,44-/m0/s1. The van der Waals surface area contributed by atoms with E-state index in [1.165, 1.54) is 0 Å². The van der Waals surface area contributed by atoms with Crippen molar-refractivity contribution < 1.29 is 62.9 Å². The zero-order chi connectivity index (χ0) is 41.7. The maximum atomic E-state index is 13.7. The molecule has 57 heavy (non-hydrogen) atoms.